The maximum atomic E-state index is 12.5. The molecule has 28 heavy (non-hydrogen) atoms. The molecule has 0 aliphatic heterocycles. The van der Waals surface area contributed by atoms with Crippen LogP contribution < -0.4 is 16.4 Å². The van der Waals surface area contributed by atoms with E-state index >= 15 is 0 Å². The van der Waals surface area contributed by atoms with E-state index in [0.717, 1.165) is 0 Å². The predicted octanol–water partition coefficient (Wildman–Crippen LogP) is 4.30. The number of hydrogen-bond donors (Lipinski definition) is 3. The Bertz CT molecular complexity index is 1080. The van der Waals surface area contributed by atoms with E-state index in [1.54, 1.807) is 24.3 Å². The van der Waals surface area contributed by atoms with Crippen molar-refractivity contribution in [1.82, 2.24) is 0 Å². The summed E-state index contributed by atoms with van der Waals surface area (Å²) < 4.78 is 5.63. The van der Waals surface area contributed by atoms with Gasteiger partial charge in [0.25, 0.3) is 11.8 Å². The summed E-state index contributed by atoms with van der Waals surface area (Å²) in [7, 11) is 0. The van der Waals surface area contributed by atoms with Crippen LogP contribution in [0, 0.1) is 0 Å². The van der Waals surface area contributed by atoms with E-state index in [4.69, 9.17) is 21.8 Å². The number of carbonyl (C=O) groups is 3. The fraction of sp³-hybridized carbons (Fsp3) is 0. The summed E-state index contributed by atoms with van der Waals surface area (Å²) in [5, 5.41) is 5.46. The van der Waals surface area contributed by atoms with Crippen LogP contribution >= 0.6 is 27.5 Å². The highest BCUT2D eigenvalue weighted by atomic mass is 79.9. The largest absolute Gasteiger partial charge is 0.444 e. The smallest absolute Gasteiger partial charge is 0.291 e. The SMILES string of the molecule is NC(=O)c1ccc(NC(=O)c2cccc(NC(=O)c3ccc(Br)o3)c2)cc1Cl. The highest BCUT2D eigenvalue weighted by Crippen LogP contribution is 2.22. The standard InChI is InChI=1S/C19H13BrClN3O4/c20-16-7-6-15(28-16)19(27)24-11-3-1-2-10(8-11)18(26)23-12-4-5-13(17(22)25)14(21)9-12/h1-9H,(H2,22,25)(H,23,26)(H,24,27). The summed E-state index contributed by atoms with van der Waals surface area (Å²) in [5.41, 5.74) is 6.50. The number of furan rings is 1. The van der Waals surface area contributed by atoms with Crippen molar-refractivity contribution in [3.05, 3.63) is 81.2 Å². The molecule has 0 radical (unpaired) electrons. The van der Waals surface area contributed by atoms with Gasteiger partial charge in [-0.2, -0.15) is 0 Å². The molecule has 0 unspecified atom stereocenters. The van der Waals surface area contributed by atoms with Gasteiger partial charge in [-0.1, -0.05) is 17.7 Å². The van der Waals surface area contributed by atoms with Gasteiger partial charge >= 0.3 is 0 Å². The first-order chi connectivity index (χ1) is 13.3. The number of amides is 3. The molecule has 3 aromatic rings. The first kappa shape index (κ1) is 19.7. The Balaban J connectivity index is 1.72. The lowest BCUT2D eigenvalue weighted by Gasteiger charge is -2.09. The Morgan fingerprint density at radius 3 is 2.29 bits per heavy atom. The molecule has 0 bridgehead atoms. The molecule has 0 fully saturated rings. The Hall–Kier alpha value is -3.10. The normalized spacial score (nSPS) is 10.4. The molecule has 1 heterocycles. The molecule has 7 nitrogen and oxygen atoms in total. The van der Waals surface area contributed by atoms with Crippen molar-refractivity contribution in [2.45, 2.75) is 0 Å². The molecule has 142 valence electrons. The van der Waals surface area contributed by atoms with Crippen molar-refractivity contribution in [1.29, 1.82) is 0 Å². The van der Waals surface area contributed by atoms with Gasteiger partial charge in [0.05, 0.1) is 10.6 Å². The fourth-order valence-corrected chi connectivity index (χ4v) is 2.94. The molecule has 1 aromatic heterocycles. The molecule has 3 amide bonds. The number of halogens is 2. The van der Waals surface area contributed by atoms with E-state index < -0.39 is 17.7 Å². The molecule has 2 aromatic carbocycles. The number of carbonyl (C=O) groups excluding carboxylic acids is 3. The van der Waals surface area contributed by atoms with Crippen LogP contribution in [0.5, 0.6) is 0 Å². The van der Waals surface area contributed by atoms with Crippen molar-refractivity contribution < 1.29 is 18.8 Å². The van der Waals surface area contributed by atoms with Crippen molar-refractivity contribution >= 4 is 56.6 Å². The lowest BCUT2D eigenvalue weighted by molar-refractivity contribution is 0.0989. The molecule has 4 N–H and O–H groups in total. The highest BCUT2D eigenvalue weighted by Gasteiger charge is 2.13. The lowest BCUT2D eigenvalue weighted by Crippen LogP contribution is -2.15. The molecular weight excluding hydrogens is 450 g/mol. The molecular formula is C19H13BrClN3O4. The topological polar surface area (TPSA) is 114 Å². The zero-order valence-electron chi connectivity index (χ0n) is 14.2. The van der Waals surface area contributed by atoms with Gasteiger partial charge in [-0.05, 0) is 64.5 Å². The second kappa shape index (κ2) is 8.28. The van der Waals surface area contributed by atoms with Gasteiger partial charge in [-0.25, -0.2) is 0 Å². The maximum absolute atomic E-state index is 12.5. The first-order valence-electron chi connectivity index (χ1n) is 7.91. The third kappa shape index (κ3) is 4.59. The van der Waals surface area contributed by atoms with Crippen LogP contribution in [0.4, 0.5) is 11.4 Å². The van der Waals surface area contributed by atoms with Crippen LogP contribution in [0.3, 0.4) is 0 Å². The van der Waals surface area contributed by atoms with Crippen molar-refractivity contribution in [2.24, 2.45) is 5.73 Å². The van der Waals surface area contributed by atoms with E-state index in [0.29, 0.717) is 21.6 Å². The average Bonchev–Trinajstić information content (AvgIpc) is 3.08. The van der Waals surface area contributed by atoms with Gasteiger partial charge in [0.2, 0.25) is 5.91 Å². The van der Waals surface area contributed by atoms with Crippen molar-refractivity contribution in [2.75, 3.05) is 10.6 Å². The van der Waals surface area contributed by atoms with Crippen molar-refractivity contribution in [3.8, 4) is 0 Å². The number of anilines is 2. The quantitative estimate of drug-likeness (QED) is 0.524. The van der Waals surface area contributed by atoms with Gasteiger partial charge in [-0.15, -0.1) is 0 Å². The summed E-state index contributed by atoms with van der Waals surface area (Å²) in [4.78, 5) is 35.8. The zero-order valence-corrected chi connectivity index (χ0v) is 16.5. The third-order valence-corrected chi connectivity index (χ3v) is 4.41. The molecule has 0 aliphatic rings. The second-order valence-electron chi connectivity index (χ2n) is 5.65. The minimum absolute atomic E-state index is 0.130. The summed E-state index contributed by atoms with van der Waals surface area (Å²) in [6.07, 6.45) is 0. The molecule has 0 spiro atoms. The van der Waals surface area contributed by atoms with E-state index in [9.17, 15) is 14.4 Å². The number of rotatable bonds is 5. The summed E-state index contributed by atoms with van der Waals surface area (Å²) in [6.45, 7) is 0. The highest BCUT2D eigenvalue weighted by molar-refractivity contribution is 9.10. The predicted molar refractivity (Wildman–Crippen MR) is 109 cm³/mol. The number of nitrogens with two attached hydrogens (primary N) is 1. The second-order valence-corrected chi connectivity index (χ2v) is 6.84. The van der Waals surface area contributed by atoms with E-state index in [1.807, 2.05) is 0 Å². The van der Waals surface area contributed by atoms with Crippen LogP contribution in [0.1, 0.15) is 31.3 Å². The van der Waals surface area contributed by atoms with Crippen molar-refractivity contribution in [3.63, 3.8) is 0 Å². The number of benzene rings is 2. The molecule has 9 heteroatoms. The van der Waals surface area contributed by atoms with Crippen LogP contribution in [-0.4, -0.2) is 17.7 Å². The molecule has 0 saturated heterocycles. The number of hydrogen-bond acceptors (Lipinski definition) is 4. The maximum Gasteiger partial charge on any atom is 0.291 e. The van der Waals surface area contributed by atoms with Crippen LogP contribution in [0.2, 0.25) is 5.02 Å². The monoisotopic (exact) mass is 461 g/mol. The Morgan fingerprint density at radius 1 is 0.929 bits per heavy atom. The number of primary amides is 1. The lowest BCUT2D eigenvalue weighted by atomic mass is 10.1. The van der Waals surface area contributed by atoms with Crippen LogP contribution in [0.25, 0.3) is 0 Å². The summed E-state index contributed by atoms with van der Waals surface area (Å²) >= 11 is 9.12. The minimum Gasteiger partial charge on any atom is -0.444 e. The van der Waals surface area contributed by atoms with Gasteiger partial charge in [0, 0.05) is 16.9 Å². The minimum atomic E-state index is -0.657. The first-order valence-corrected chi connectivity index (χ1v) is 9.08. The van der Waals surface area contributed by atoms with Gasteiger partial charge < -0.3 is 20.8 Å². The molecule has 0 saturated carbocycles. The summed E-state index contributed by atoms with van der Waals surface area (Å²) in [6, 6.07) is 13.9. The molecule has 0 aliphatic carbocycles. The van der Waals surface area contributed by atoms with E-state index in [2.05, 4.69) is 26.6 Å². The Labute approximate surface area is 173 Å². The zero-order chi connectivity index (χ0) is 20.3. The molecule has 0 atom stereocenters. The van der Waals surface area contributed by atoms with E-state index in [-0.39, 0.29) is 16.3 Å². The fourth-order valence-electron chi connectivity index (χ4n) is 2.36. The van der Waals surface area contributed by atoms with Crippen LogP contribution in [0.15, 0.2) is 63.7 Å². The number of nitrogens with one attached hydrogen (secondary N) is 2. The molecule has 3 rings (SSSR count). The van der Waals surface area contributed by atoms with E-state index in [1.165, 1.54) is 30.3 Å². The van der Waals surface area contributed by atoms with Crippen LogP contribution in [-0.2, 0) is 0 Å². The average molecular weight is 463 g/mol. The van der Waals surface area contributed by atoms with Gasteiger partial charge in [0.1, 0.15) is 0 Å². The third-order valence-electron chi connectivity index (χ3n) is 3.67. The Morgan fingerprint density at radius 2 is 1.64 bits per heavy atom. The van der Waals surface area contributed by atoms with Gasteiger partial charge in [0.15, 0.2) is 10.4 Å². The summed E-state index contributed by atoms with van der Waals surface area (Å²) in [5.74, 6) is -1.39. The van der Waals surface area contributed by atoms with Gasteiger partial charge in [-0.3, -0.25) is 14.4 Å². The Kier molecular flexibility index (Phi) is 5.81.